The fourth-order valence-electron chi connectivity index (χ4n) is 6.65. The number of carbonyl (C=O) groups is 2. The van der Waals surface area contributed by atoms with Crippen LogP contribution in [0.4, 0.5) is 21.0 Å². The van der Waals surface area contributed by atoms with Gasteiger partial charge in [-0.2, -0.15) is 0 Å². The number of pyridine rings is 2. The number of ether oxygens (including phenoxy) is 2. The van der Waals surface area contributed by atoms with Crippen LogP contribution < -0.4 is 15.3 Å². The summed E-state index contributed by atoms with van der Waals surface area (Å²) < 4.78 is 22.2. The van der Waals surface area contributed by atoms with E-state index in [9.17, 15) is 19.8 Å². The van der Waals surface area contributed by atoms with E-state index in [0.717, 1.165) is 43.2 Å². The second-order valence-electron chi connectivity index (χ2n) is 17.3. The minimum atomic E-state index is -0.494. The maximum absolute atomic E-state index is 12.1. The highest BCUT2D eigenvalue weighted by Crippen LogP contribution is 2.37. The number of halogens is 1. The Balaban J connectivity index is 0.000000181. The number of nitrogens with zero attached hydrogens (tertiary/aromatic N) is 6. The van der Waals surface area contributed by atoms with E-state index in [1.54, 1.807) is 46.5 Å². The predicted molar refractivity (Wildman–Crippen MR) is 244 cm³/mol. The van der Waals surface area contributed by atoms with Gasteiger partial charge in [0.25, 0.3) is 0 Å². The minimum Gasteiger partial charge on any atom is -0.508 e. The van der Waals surface area contributed by atoms with Gasteiger partial charge in [0.1, 0.15) is 16.7 Å². The molecule has 3 saturated heterocycles. The van der Waals surface area contributed by atoms with Crippen molar-refractivity contribution in [3.8, 4) is 22.8 Å². The zero-order valence-electron chi connectivity index (χ0n) is 37.3. The highest BCUT2D eigenvalue weighted by atomic mass is 35.5. The standard InChI is InChI=1S/C20H25N3O3.C14H20ClN3O2.C12H17BO3/c1-15(2)14-26-20(25)23-11-9-22(10-12-23)16-7-8-21-18(13-16)17-5-3-4-6-19(17)24;1-11(2)10-20-14(19)18-7-5-17(6-8-18)12-3-4-16-13(15)9-12;1-11(2)12(3,4)16-13(15-11)9-7-5-6-8-10(9)14/h3-8,13,15,24H,9-12,14H2,1-2H3;3-4,9,11H,5-8,10H2,1-2H3;5-8,14H,1-4H3. The second-order valence-corrected chi connectivity index (χ2v) is 17.7. The number of aromatic hydroxyl groups is 2. The Bertz CT molecular complexity index is 2060. The molecule has 3 aliphatic rings. The van der Waals surface area contributed by atoms with Gasteiger partial charge in [0.15, 0.2) is 0 Å². The molecule has 14 nitrogen and oxygen atoms in total. The van der Waals surface area contributed by atoms with Crippen molar-refractivity contribution < 1.29 is 38.6 Å². The molecule has 0 bridgehead atoms. The number of benzene rings is 2. The SMILES string of the molecule is CC(C)COC(=O)N1CCN(c2ccnc(-c3ccccc3O)c2)CC1.CC(C)COC(=O)N1CCN(c2ccnc(Cl)c2)CC1.CC1(C)OB(c2ccccc2O)OC1(C)C. The van der Waals surface area contributed by atoms with Crippen LogP contribution in [0.3, 0.4) is 0 Å². The van der Waals surface area contributed by atoms with Gasteiger partial charge in [0.2, 0.25) is 0 Å². The van der Waals surface area contributed by atoms with Crippen molar-refractivity contribution in [2.24, 2.45) is 11.8 Å². The van der Waals surface area contributed by atoms with E-state index >= 15 is 0 Å². The van der Waals surface area contributed by atoms with Crippen LogP contribution in [-0.2, 0) is 18.8 Å². The van der Waals surface area contributed by atoms with Gasteiger partial charge < -0.3 is 48.6 Å². The Morgan fingerprint density at radius 3 is 1.60 bits per heavy atom. The molecule has 3 fully saturated rings. The van der Waals surface area contributed by atoms with Gasteiger partial charge in [0, 0.05) is 87.2 Å². The summed E-state index contributed by atoms with van der Waals surface area (Å²) in [5, 5.41) is 20.3. The third kappa shape index (κ3) is 13.1. The van der Waals surface area contributed by atoms with E-state index in [0.29, 0.717) is 67.4 Å². The van der Waals surface area contributed by atoms with E-state index in [4.69, 9.17) is 30.4 Å². The van der Waals surface area contributed by atoms with Gasteiger partial charge in [0.05, 0.1) is 30.1 Å². The summed E-state index contributed by atoms with van der Waals surface area (Å²) in [7, 11) is -0.494. The monoisotopic (exact) mass is 872 g/mol. The van der Waals surface area contributed by atoms with Crippen molar-refractivity contribution in [2.45, 2.75) is 66.6 Å². The van der Waals surface area contributed by atoms with E-state index in [1.165, 1.54) is 0 Å². The Morgan fingerprint density at radius 2 is 1.13 bits per heavy atom. The third-order valence-corrected chi connectivity index (χ3v) is 11.2. The number of amides is 2. The minimum absolute atomic E-state index is 0.209. The molecule has 62 heavy (non-hydrogen) atoms. The molecule has 0 radical (unpaired) electrons. The molecule has 3 aliphatic heterocycles. The molecule has 7 rings (SSSR count). The highest BCUT2D eigenvalue weighted by molar-refractivity contribution is 6.63. The van der Waals surface area contributed by atoms with Gasteiger partial charge in [-0.1, -0.05) is 69.6 Å². The molecule has 2 aromatic heterocycles. The smallest absolute Gasteiger partial charge is 0.498 e. The topological polar surface area (TPSA) is 150 Å². The molecule has 16 heteroatoms. The summed E-state index contributed by atoms with van der Waals surface area (Å²) in [4.78, 5) is 40.2. The van der Waals surface area contributed by atoms with Crippen molar-refractivity contribution in [2.75, 3.05) is 75.4 Å². The largest absolute Gasteiger partial charge is 0.508 e. The molecule has 334 valence electrons. The van der Waals surface area contributed by atoms with E-state index in [1.807, 2.05) is 104 Å². The summed E-state index contributed by atoms with van der Waals surface area (Å²) in [5.41, 5.74) is 3.46. The molecular formula is C46H62BClN6O8. The van der Waals surface area contributed by atoms with E-state index in [-0.39, 0.29) is 34.9 Å². The zero-order valence-corrected chi connectivity index (χ0v) is 38.0. The second kappa shape index (κ2) is 21.7. The summed E-state index contributed by atoms with van der Waals surface area (Å²) >= 11 is 5.89. The van der Waals surface area contributed by atoms with Crippen LogP contribution in [0.5, 0.6) is 11.5 Å². The van der Waals surface area contributed by atoms with Crippen molar-refractivity contribution in [1.82, 2.24) is 19.8 Å². The lowest BCUT2D eigenvalue weighted by molar-refractivity contribution is 0.00578. The first-order chi connectivity index (χ1) is 29.4. The number of piperazine rings is 2. The number of anilines is 2. The summed E-state index contributed by atoms with van der Waals surface area (Å²) in [5.74, 6) is 1.12. The lowest BCUT2D eigenvalue weighted by Crippen LogP contribution is -2.49. The normalized spacial score (nSPS) is 16.9. The molecule has 0 spiro atoms. The molecular weight excluding hydrogens is 811 g/mol. The molecule has 0 atom stereocenters. The molecule has 5 heterocycles. The number of phenols is 2. The first-order valence-electron chi connectivity index (χ1n) is 21.3. The number of phenolic OH excluding ortho intramolecular Hbond substituents is 2. The number of aromatic nitrogens is 2. The van der Waals surface area contributed by atoms with Crippen LogP contribution in [0, 0.1) is 11.8 Å². The van der Waals surface area contributed by atoms with Gasteiger partial charge in [-0.05, 0) is 82.0 Å². The maximum atomic E-state index is 12.1. The van der Waals surface area contributed by atoms with Crippen LogP contribution in [-0.4, -0.2) is 126 Å². The van der Waals surface area contributed by atoms with Crippen molar-refractivity contribution in [3.05, 3.63) is 90.3 Å². The Kier molecular flexibility index (Phi) is 16.7. The fraction of sp³-hybridized carbons (Fsp3) is 0.478. The van der Waals surface area contributed by atoms with Crippen LogP contribution in [0.2, 0.25) is 5.15 Å². The average molecular weight is 873 g/mol. The number of hydrogen-bond donors (Lipinski definition) is 2. The van der Waals surface area contributed by atoms with E-state index in [2.05, 4.69) is 19.8 Å². The van der Waals surface area contributed by atoms with Gasteiger partial charge in [-0.3, -0.25) is 4.98 Å². The fourth-order valence-corrected chi connectivity index (χ4v) is 6.82. The predicted octanol–water partition coefficient (Wildman–Crippen LogP) is 7.71. The first-order valence-corrected chi connectivity index (χ1v) is 21.6. The summed E-state index contributed by atoms with van der Waals surface area (Å²) in [6.07, 6.45) is 3.00. The Labute approximate surface area is 371 Å². The van der Waals surface area contributed by atoms with E-state index < -0.39 is 7.12 Å². The summed E-state index contributed by atoms with van der Waals surface area (Å²) in [6, 6.07) is 22.0. The molecule has 2 aromatic carbocycles. The number of para-hydroxylation sites is 2. The van der Waals surface area contributed by atoms with Crippen LogP contribution in [0.25, 0.3) is 11.3 Å². The van der Waals surface area contributed by atoms with Crippen LogP contribution in [0.15, 0.2) is 85.2 Å². The van der Waals surface area contributed by atoms with Gasteiger partial charge >= 0.3 is 19.3 Å². The number of rotatable bonds is 8. The van der Waals surface area contributed by atoms with Crippen molar-refractivity contribution in [1.29, 1.82) is 0 Å². The Hall–Kier alpha value is -5.25. The number of carbonyl (C=O) groups excluding carboxylic acids is 2. The molecule has 4 aromatic rings. The Morgan fingerprint density at radius 1 is 0.677 bits per heavy atom. The quantitative estimate of drug-likeness (QED) is 0.132. The molecule has 2 N–H and O–H groups in total. The third-order valence-electron chi connectivity index (χ3n) is 11.0. The first kappa shape index (κ1) is 47.8. The molecule has 0 aliphatic carbocycles. The van der Waals surface area contributed by atoms with Crippen molar-refractivity contribution in [3.63, 3.8) is 0 Å². The van der Waals surface area contributed by atoms with Gasteiger partial charge in [-0.15, -0.1) is 0 Å². The lowest BCUT2D eigenvalue weighted by atomic mass is 9.78. The zero-order chi connectivity index (χ0) is 45.0. The molecule has 2 amide bonds. The van der Waals surface area contributed by atoms with Crippen LogP contribution >= 0.6 is 11.6 Å². The van der Waals surface area contributed by atoms with Gasteiger partial charge in [-0.25, -0.2) is 14.6 Å². The molecule has 0 saturated carbocycles. The van der Waals surface area contributed by atoms with Crippen molar-refractivity contribution >= 4 is 47.7 Å². The highest BCUT2D eigenvalue weighted by Gasteiger charge is 2.52. The number of hydrogen-bond acceptors (Lipinski definition) is 12. The lowest BCUT2D eigenvalue weighted by Gasteiger charge is -2.35. The summed E-state index contributed by atoms with van der Waals surface area (Å²) in [6.45, 7) is 22.6. The molecule has 0 unspecified atom stereocenters. The maximum Gasteiger partial charge on any atom is 0.498 e. The van der Waals surface area contributed by atoms with Crippen LogP contribution in [0.1, 0.15) is 55.4 Å². The average Bonchev–Trinajstić information content (AvgIpc) is 3.48.